The fraction of sp³-hybridized carbons (Fsp3) is 0.0833. The first-order valence-electron chi connectivity index (χ1n) is 5.22. The van der Waals surface area contributed by atoms with Crippen molar-refractivity contribution >= 4 is 24.1 Å². The van der Waals surface area contributed by atoms with Gasteiger partial charge in [-0.15, -0.1) is 0 Å². The standard InChI is InChI=1S/C12H11N3O2S/c1-7-3-2-4-8(5-7)13-6-9-10(16)14-12(18)15-11(9)17/h2-6H,1H3,(H3,14,15,16,17,18). The lowest BCUT2D eigenvalue weighted by Crippen LogP contribution is -2.13. The topological polar surface area (TPSA) is 81.2 Å². The molecule has 0 aliphatic rings. The molecule has 0 unspecified atom stereocenters. The van der Waals surface area contributed by atoms with E-state index in [1.54, 1.807) is 6.07 Å². The van der Waals surface area contributed by atoms with E-state index in [-0.39, 0.29) is 16.2 Å². The van der Waals surface area contributed by atoms with Gasteiger partial charge in [0.15, 0.2) is 4.77 Å². The van der Waals surface area contributed by atoms with E-state index in [9.17, 15) is 9.90 Å². The van der Waals surface area contributed by atoms with Gasteiger partial charge in [0, 0.05) is 6.21 Å². The predicted octanol–water partition coefficient (Wildman–Crippen LogP) is 2.20. The minimum Gasteiger partial charge on any atom is -0.494 e. The van der Waals surface area contributed by atoms with E-state index in [4.69, 9.17) is 12.2 Å². The minimum absolute atomic E-state index is 0.0464. The molecular weight excluding hydrogens is 250 g/mol. The van der Waals surface area contributed by atoms with Crippen molar-refractivity contribution < 1.29 is 5.11 Å². The quantitative estimate of drug-likeness (QED) is 0.572. The number of nitrogens with one attached hydrogen (secondary N) is 2. The van der Waals surface area contributed by atoms with Crippen LogP contribution in [0.2, 0.25) is 0 Å². The van der Waals surface area contributed by atoms with Gasteiger partial charge in [0.05, 0.1) is 5.69 Å². The molecule has 2 rings (SSSR count). The number of H-pyrrole nitrogens is 2. The van der Waals surface area contributed by atoms with Gasteiger partial charge >= 0.3 is 0 Å². The molecule has 0 atom stereocenters. The Morgan fingerprint density at radius 1 is 1.39 bits per heavy atom. The van der Waals surface area contributed by atoms with Crippen molar-refractivity contribution in [3.63, 3.8) is 0 Å². The molecule has 92 valence electrons. The molecule has 0 bridgehead atoms. The van der Waals surface area contributed by atoms with Gasteiger partial charge in [-0.1, -0.05) is 12.1 Å². The normalized spacial score (nSPS) is 10.9. The van der Waals surface area contributed by atoms with Crippen LogP contribution in [0, 0.1) is 11.7 Å². The van der Waals surface area contributed by atoms with Gasteiger partial charge in [-0.2, -0.15) is 0 Å². The third kappa shape index (κ3) is 2.72. The Morgan fingerprint density at radius 3 is 2.83 bits per heavy atom. The van der Waals surface area contributed by atoms with E-state index >= 15 is 0 Å². The second-order valence-corrected chi connectivity index (χ2v) is 4.18. The number of nitrogens with zero attached hydrogens (tertiary/aromatic N) is 1. The maximum atomic E-state index is 11.6. The molecule has 0 saturated carbocycles. The van der Waals surface area contributed by atoms with Crippen molar-refractivity contribution in [2.75, 3.05) is 0 Å². The maximum Gasteiger partial charge on any atom is 0.264 e. The number of aromatic amines is 2. The van der Waals surface area contributed by atoms with Crippen LogP contribution < -0.4 is 5.56 Å². The molecule has 18 heavy (non-hydrogen) atoms. The van der Waals surface area contributed by atoms with Gasteiger partial charge in [-0.05, 0) is 36.8 Å². The van der Waals surface area contributed by atoms with Gasteiger partial charge < -0.3 is 10.1 Å². The van der Waals surface area contributed by atoms with Gasteiger partial charge in [-0.25, -0.2) is 0 Å². The lowest BCUT2D eigenvalue weighted by Gasteiger charge is -1.98. The molecule has 0 fully saturated rings. The van der Waals surface area contributed by atoms with Crippen molar-refractivity contribution in [2.45, 2.75) is 6.92 Å². The molecule has 0 spiro atoms. The highest BCUT2D eigenvalue weighted by Crippen LogP contribution is 2.14. The Balaban J connectivity index is 2.41. The Bertz CT molecular complexity index is 716. The second-order valence-electron chi connectivity index (χ2n) is 3.77. The van der Waals surface area contributed by atoms with Crippen LogP contribution in [0.4, 0.5) is 5.69 Å². The predicted molar refractivity (Wildman–Crippen MR) is 72.3 cm³/mol. The summed E-state index contributed by atoms with van der Waals surface area (Å²) >= 11 is 4.73. The summed E-state index contributed by atoms with van der Waals surface area (Å²) in [5, 5.41) is 9.57. The SMILES string of the molecule is Cc1cccc(N=Cc2c(O)[nH]c(=S)[nH]c2=O)c1. The zero-order valence-corrected chi connectivity index (χ0v) is 10.4. The van der Waals surface area contributed by atoms with Crippen molar-refractivity contribution in [3.05, 3.63) is 50.5 Å². The zero-order chi connectivity index (χ0) is 13.1. The summed E-state index contributed by atoms with van der Waals surface area (Å²) in [6, 6.07) is 7.49. The molecule has 0 aliphatic carbocycles. The van der Waals surface area contributed by atoms with Crippen LogP contribution in [0.3, 0.4) is 0 Å². The fourth-order valence-corrected chi connectivity index (χ4v) is 1.64. The number of aromatic nitrogens is 2. The summed E-state index contributed by atoms with van der Waals surface area (Å²) in [7, 11) is 0. The summed E-state index contributed by atoms with van der Waals surface area (Å²) in [5.74, 6) is -0.292. The summed E-state index contributed by atoms with van der Waals surface area (Å²) in [5.41, 5.74) is 1.34. The third-order valence-electron chi connectivity index (χ3n) is 2.30. The Labute approximate surface area is 108 Å². The molecule has 0 saturated heterocycles. The maximum absolute atomic E-state index is 11.6. The summed E-state index contributed by atoms with van der Waals surface area (Å²) < 4.78 is 0.0743. The van der Waals surface area contributed by atoms with Crippen LogP contribution in [0.25, 0.3) is 0 Å². The van der Waals surface area contributed by atoms with Crippen LogP contribution in [-0.2, 0) is 0 Å². The van der Waals surface area contributed by atoms with E-state index in [1.165, 1.54) is 6.21 Å². The average Bonchev–Trinajstić information content (AvgIpc) is 2.27. The average molecular weight is 261 g/mol. The van der Waals surface area contributed by atoms with E-state index in [0.717, 1.165) is 5.56 Å². The van der Waals surface area contributed by atoms with Crippen LogP contribution in [0.5, 0.6) is 5.88 Å². The highest BCUT2D eigenvalue weighted by Gasteiger charge is 2.04. The lowest BCUT2D eigenvalue weighted by atomic mass is 10.2. The van der Waals surface area contributed by atoms with Crippen molar-refractivity contribution in [1.29, 1.82) is 0 Å². The largest absolute Gasteiger partial charge is 0.494 e. The van der Waals surface area contributed by atoms with Crippen molar-refractivity contribution in [3.8, 4) is 5.88 Å². The first-order chi connectivity index (χ1) is 8.56. The number of hydrogen-bond donors (Lipinski definition) is 3. The number of aromatic hydroxyl groups is 1. The number of benzene rings is 1. The molecule has 2 aromatic rings. The van der Waals surface area contributed by atoms with Crippen LogP contribution >= 0.6 is 12.2 Å². The number of hydrogen-bond acceptors (Lipinski definition) is 4. The summed E-state index contributed by atoms with van der Waals surface area (Å²) in [6.07, 6.45) is 1.30. The minimum atomic E-state index is -0.479. The first kappa shape index (κ1) is 12.3. The second kappa shape index (κ2) is 4.97. The van der Waals surface area contributed by atoms with E-state index in [1.807, 2.05) is 25.1 Å². The monoisotopic (exact) mass is 261 g/mol. The summed E-state index contributed by atoms with van der Waals surface area (Å²) in [4.78, 5) is 20.5. The molecule has 0 radical (unpaired) electrons. The van der Waals surface area contributed by atoms with Crippen molar-refractivity contribution in [2.24, 2.45) is 4.99 Å². The lowest BCUT2D eigenvalue weighted by molar-refractivity contribution is 0.449. The third-order valence-corrected chi connectivity index (χ3v) is 2.51. The molecule has 5 nitrogen and oxygen atoms in total. The van der Waals surface area contributed by atoms with Crippen LogP contribution in [-0.4, -0.2) is 21.3 Å². The van der Waals surface area contributed by atoms with E-state index in [2.05, 4.69) is 15.0 Å². The molecule has 0 aliphatic heterocycles. The Kier molecular flexibility index (Phi) is 3.38. The number of aryl methyl sites for hydroxylation is 1. The van der Waals surface area contributed by atoms with E-state index < -0.39 is 5.56 Å². The van der Waals surface area contributed by atoms with Crippen molar-refractivity contribution in [1.82, 2.24) is 9.97 Å². The number of rotatable bonds is 2. The van der Waals surface area contributed by atoms with Crippen LogP contribution in [0.1, 0.15) is 11.1 Å². The molecule has 0 amide bonds. The Morgan fingerprint density at radius 2 is 2.17 bits per heavy atom. The molecular formula is C12H11N3O2S. The highest BCUT2D eigenvalue weighted by molar-refractivity contribution is 7.71. The molecule has 3 N–H and O–H groups in total. The molecule has 6 heteroatoms. The van der Waals surface area contributed by atoms with Gasteiger partial charge in [0.25, 0.3) is 5.56 Å². The molecule has 1 aromatic heterocycles. The molecule has 1 heterocycles. The van der Waals surface area contributed by atoms with E-state index in [0.29, 0.717) is 5.69 Å². The molecule has 1 aromatic carbocycles. The highest BCUT2D eigenvalue weighted by atomic mass is 32.1. The van der Waals surface area contributed by atoms with Gasteiger partial charge in [0.1, 0.15) is 5.56 Å². The number of aliphatic imine (C=N–C) groups is 1. The zero-order valence-electron chi connectivity index (χ0n) is 9.60. The van der Waals surface area contributed by atoms with Gasteiger partial charge in [0.2, 0.25) is 5.88 Å². The summed E-state index contributed by atoms with van der Waals surface area (Å²) in [6.45, 7) is 1.95. The first-order valence-corrected chi connectivity index (χ1v) is 5.63. The Hall–Kier alpha value is -2.21. The van der Waals surface area contributed by atoms with Gasteiger partial charge in [-0.3, -0.25) is 14.8 Å². The fourth-order valence-electron chi connectivity index (χ4n) is 1.45. The smallest absolute Gasteiger partial charge is 0.264 e. The van der Waals surface area contributed by atoms with Crippen LogP contribution in [0.15, 0.2) is 34.1 Å².